The maximum Gasteiger partial charge on any atom is 0.119 e. The fourth-order valence-electron chi connectivity index (χ4n) is 3.00. The molecule has 3 unspecified atom stereocenters. The molecule has 0 amide bonds. The summed E-state index contributed by atoms with van der Waals surface area (Å²) in [6.07, 6.45) is 2.34. The van der Waals surface area contributed by atoms with Gasteiger partial charge in [0.1, 0.15) is 5.75 Å². The van der Waals surface area contributed by atoms with Crippen molar-refractivity contribution in [2.24, 2.45) is 0 Å². The monoisotopic (exact) mass is 293 g/mol. The van der Waals surface area contributed by atoms with Crippen molar-refractivity contribution in [1.82, 2.24) is 5.32 Å². The van der Waals surface area contributed by atoms with Crippen LogP contribution in [0.25, 0.3) is 0 Å². The molecule has 1 aliphatic carbocycles. The first-order chi connectivity index (χ1) is 10.2. The fourth-order valence-corrected chi connectivity index (χ4v) is 3.00. The first kappa shape index (κ1) is 16.3. The largest absolute Gasteiger partial charge is 0.497 e. The summed E-state index contributed by atoms with van der Waals surface area (Å²) in [5, 5.41) is 3.40. The van der Waals surface area contributed by atoms with Crippen molar-refractivity contribution in [2.75, 3.05) is 27.4 Å². The van der Waals surface area contributed by atoms with Crippen molar-refractivity contribution in [1.29, 1.82) is 0 Å². The van der Waals surface area contributed by atoms with Crippen LogP contribution < -0.4 is 10.1 Å². The van der Waals surface area contributed by atoms with Gasteiger partial charge in [-0.05, 0) is 57.0 Å². The fraction of sp³-hybridized carbons (Fsp3) is 0.647. The maximum atomic E-state index is 6.19. The summed E-state index contributed by atoms with van der Waals surface area (Å²) in [6.45, 7) is 5.47. The number of rotatable bonds is 7. The smallest absolute Gasteiger partial charge is 0.119 e. The Kier molecular flexibility index (Phi) is 6.03. The molecule has 1 aromatic rings. The van der Waals surface area contributed by atoms with Crippen LogP contribution in [0.15, 0.2) is 18.2 Å². The van der Waals surface area contributed by atoms with E-state index in [1.54, 1.807) is 7.11 Å². The standard InChI is InChI=1S/C17H27NO3/c1-5-20-11-12(2)21-16-9-6-13-10-14(19-4)7-8-15(13)17(16)18-3/h7-8,10,12,16-18H,5-6,9,11H2,1-4H3. The summed E-state index contributed by atoms with van der Waals surface area (Å²) in [4.78, 5) is 0. The van der Waals surface area contributed by atoms with Crippen LogP contribution in [-0.4, -0.2) is 39.6 Å². The number of methoxy groups -OCH3 is 1. The van der Waals surface area contributed by atoms with Gasteiger partial charge in [0.2, 0.25) is 0 Å². The third-order valence-corrected chi connectivity index (χ3v) is 4.03. The zero-order valence-corrected chi connectivity index (χ0v) is 13.5. The van der Waals surface area contributed by atoms with Crippen LogP contribution in [0.5, 0.6) is 5.75 Å². The topological polar surface area (TPSA) is 39.7 Å². The highest BCUT2D eigenvalue weighted by atomic mass is 16.5. The Morgan fingerprint density at radius 2 is 2.19 bits per heavy atom. The van der Waals surface area contributed by atoms with Gasteiger partial charge in [0.15, 0.2) is 0 Å². The lowest BCUT2D eigenvalue weighted by molar-refractivity contribution is -0.0648. The molecule has 1 aliphatic rings. The Labute approximate surface area is 127 Å². The average molecular weight is 293 g/mol. The SMILES string of the molecule is CCOCC(C)OC1CCc2cc(OC)ccc2C1NC. The van der Waals surface area contributed by atoms with E-state index in [-0.39, 0.29) is 18.2 Å². The lowest BCUT2D eigenvalue weighted by Gasteiger charge is -2.35. The van der Waals surface area contributed by atoms with Crippen LogP contribution in [0.2, 0.25) is 0 Å². The second-order valence-electron chi connectivity index (χ2n) is 5.51. The molecule has 0 saturated heterocycles. The van der Waals surface area contributed by atoms with Gasteiger partial charge >= 0.3 is 0 Å². The minimum atomic E-state index is 0.116. The number of aryl methyl sites for hydroxylation is 1. The Morgan fingerprint density at radius 1 is 1.38 bits per heavy atom. The average Bonchev–Trinajstić information content (AvgIpc) is 2.52. The van der Waals surface area contributed by atoms with Gasteiger partial charge in [0, 0.05) is 6.61 Å². The Hall–Kier alpha value is -1.10. The van der Waals surface area contributed by atoms with Crippen LogP contribution in [0.4, 0.5) is 0 Å². The lowest BCUT2D eigenvalue weighted by Crippen LogP contribution is -2.38. The molecule has 118 valence electrons. The second-order valence-corrected chi connectivity index (χ2v) is 5.51. The maximum absolute atomic E-state index is 6.19. The number of ether oxygens (including phenoxy) is 3. The predicted octanol–water partition coefficient (Wildman–Crippen LogP) is 2.71. The van der Waals surface area contributed by atoms with Crippen molar-refractivity contribution in [2.45, 2.75) is 44.9 Å². The summed E-state index contributed by atoms with van der Waals surface area (Å²) in [7, 11) is 3.70. The van der Waals surface area contributed by atoms with Gasteiger partial charge in [-0.25, -0.2) is 0 Å². The Bertz CT molecular complexity index is 450. The molecule has 1 N–H and O–H groups in total. The molecule has 4 nitrogen and oxygen atoms in total. The Morgan fingerprint density at radius 3 is 2.86 bits per heavy atom. The van der Waals surface area contributed by atoms with E-state index >= 15 is 0 Å². The van der Waals surface area contributed by atoms with Crippen molar-refractivity contribution in [3.8, 4) is 5.75 Å². The van der Waals surface area contributed by atoms with E-state index in [4.69, 9.17) is 14.2 Å². The van der Waals surface area contributed by atoms with Crippen LogP contribution >= 0.6 is 0 Å². The summed E-state index contributed by atoms with van der Waals surface area (Å²) in [6, 6.07) is 6.54. The highest BCUT2D eigenvalue weighted by Crippen LogP contribution is 2.34. The van der Waals surface area contributed by atoms with Gasteiger partial charge in [-0.15, -0.1) is 0 Å². The molecule has 0 spiro atoms. The molecule has 4 heteroatoms. The van der Waals surface area contributed by atoms with Crippen molar-refractivity contribution in [3.05, 3.63) is 29.3 Å². The molecule has 0 radical (unpaired) electrons. The van der Waals surface area contributed by atoms with Gasteiger partial charge in [-0.1, -0.05) is 6.07 Å². The van der Waals surface area contributed by atoms with Crippen LogP contribution in [0.3, 0.4) is 0 Å². The molecule has 0 saturated carbocycles. The summed E-state index contributed by atoms with van der Waals surface area (Å²) in [5.74, 6) is 0.924. The summed E-state index contributed by atoms with van der Waals surface area (Å²) >= 11 is 0. The number of fused-ring (bicyclic) bond motifs is 1. The third kappa shape index (κ3) is 3.96. The van der Waals surface area contributed by atoms with Crippen molar-refractivity contribution in [3.63, 3.8) is 0 Å². The molecule has 0 aliphatic heterocycles. The van der Waals surface area contributed by atoms with Crippen LogP contribution in [0.1, 0.15) is 37.4 Å². The first-order valence-electron chi connectivity index (χ1n) is 7.76. The molecule has 21 heavy (non-hydrogen) atoms. The quantitative estimate of drug-likeness (QED) is 0.839. The molecule has 0 fully saturated rings. The van der Waals surface area contributed by atoms with Crippen molar-refractivity contribution < 1.29 is 14.2 Å². The minimum absolute atomic E-state index is 0.116. The van der Waals surface area contributed by atoms with Crippen LogP contribution in [0, 0.1) is 0 Å². The van der Waals surface area contributed by atoms with Crippen molar-refractivity contribution >= 4 is 0 Å². The predicted molar refractivity (Wildman–Crippen MR) is 83.9 cm³/mol. The zero-order chi connectivity index (χ0) is 15.2. The number of benzene rings is 1. The van der Waals surface area contributed by atoms with Gasteiger partial charge in [0.25, 0.3) is 0 Å². The summed E-state index contributed by atoms with van der Waals surface area (Å²) < 4.78 is 17.0. The van der Waals surface area contributed by atoms with E-state index in [1.807, 2.05) is 20.0 Å². The van der Waals surface area contributed by atoms with Gasteiger partial charge in [-0.2, -0.15) is 0 Å². The summed E-state index contributed by atoms with van der Waals surface area (Å²) in [5.41, 5.74) is 2.67. The second kappa shape index (κ2) is 7.78. The molecule has 0 heterocycles. The minimum Gasteiger partial charge on any atom is -0.497 e. The lowest BCUT2D eigenvalue weighted by atomic mass is 9.85. The van der Waals surface area contributed by atoms with Crippen LogP contribution in [-0.2, 0) is 15.9 Å². The molecule has 0 bridgehead atoms. The molecule has 3 atom stereocenters. The van der Waals surface area contributed by atoms with E-state index in [1.165, 1.54) is 11.1 Å². The third-order valence-electron chi connectivity index (χ3n) is 4.03. The van der Waals surface area contributed by atoms with E-state index < -0.39 is 0 Å². The highest BCUT2D eigenvalue weighted by Gasteiger charge is 2.30. The molecule has 1 aromatic carbocycles. The van der Waals surface area contributed by atoms with E-state index in [2.05, 4.69) is 24.4 Å². The van der Waals surface area contributed by atoms with E-state index in [9.17, 15) is 0 Å². The molecular formula is C17H27NO3. The first-order valence-corrected chi connectivity index (χ1v) is 7.76. The molecular weight excluding hydrogens is 266 g/mol. The van der Waals surface area contributed by atoms with E-state index in [0.29, 0.717) is 6.61 Å². The highest BCUT2D eigenvalue weighted by molar-refractivity contribution is 5.39. The number of likely N-dealkylation sites (N-methyl/N-ethyl adjacent to an activating group) is 1. The normalized spacial score (nSPS) is 22.7. The number of hydrogen-bond donors (Lipinski definition) is 1. The Balaban J connectivity index is 2.08. The van der Waals surface area contributed by atoms with E-state index in [0.717, 1.165) is 25.2 Å². The molecule has 0 aromatic heterocycles. The molecule has 2 rings (SSSR count). The number of nitrogens with one attached hydrogen (secondary N) is 1. The van der Waals surface area contributed by atoms with Gasteiger partial charge < -0.3 is 19.5 Å². The zero-order valence-electron chi connectivity index (χ0n) is 13.5. The van der Waals surface area contributed by atoms with Gasteiger partial charge in [-0.3, -0.25) is 0 Å². The number of hydrogen-bond acceptors (Lipinski definition) is 4. The van der Waals surface area contributed by atoms with Gasteiger partial charge in [0.05, 0.1) is 32.0 Å².